The van der Waals surface area contributed by atoms with Crippen LogP contribution in [0.1, 0.15) is 10.5 Å². The van der Waals surface area contributed by atoms with Gasteiger partial charge in [-0.1, -0.05) is 0 Å². The van der Waals surface area contributed by atoms with Crippen LogP contribution in [0.15, 0.2) is 12.4 Å². The Morgan fingerprint density at radius 1 is 1.50 bits per heavy atom. The van der Waals surface area contributed by atoms with Gasteiger partial charge in [0.1, 0.15) is 11.9 Å². The summed E-state index contributed by atoms with van der Waals surface area (Å²) < 4.78 is 8.62. The highest BCUT2D eigenvalue weighted by atomic mass is 35.5. The number of carbonyl (C=O) groups excluding carboxylic acids is 1. The van der Waals surface area contributed by atoms with Gasteiger partial charge in [0.15, 0.2) is 5.69 Å². The van der Waals surface area contributed by atoms with E-state index in [1.54, 1.807) is 0 Å². The van der Waals surface area contributed by atoms with Crippen molar-refractivity contribution in [1.29, 1.82) is 0 Å². The van der Waals surface area contributed by atoms with Crippen molar-refractivity contribution in [2.24, 2.45) is 0 Å². The van der Waals surface area contributed by atoms with E-state index in [9.17, 15) is 4.79 Å². The summed E-state index contributed by atoms with van der Waals surface area (Å²) in [4.78, 5) is 18.1. The summed E-state index contributed by atoms with van der Waals surface area (Å²) in [6.07, 6.45) is 2.51. The van der Waals surface area contributed by atoms with Crippen LogP contribution in [0.3, 0.4) is 0 Å². The van der Waals surface area contributed by atoms with Crippen LogP contribution in [0.25, 0.3) is 0 Å². The molecule has 6 heteroatoms. The third-order valence-corrected chi connectivity index (χ3v) is 1.26. The molecule has 0 saturated heterocycles. The first-order valence-electron chi connectivity index (χ1n) is 2.97. The highest BCUT2D eigenvalue weighted by molar-refractivity contribution is 6.15. The van der Waals surface area contributed by atoms with Gasteiger partial charge in [-0.05, 0) is 0 Å². The van der Waals surface area contributed by atoms with Gasteiger partial charge < -0.3 is 9.03 Å². The fourth-order valence-electron chi connectivity index (χ4n) is 0.567. The van der Waals surface area contributed by atoms with Crippen LogP contribution in [0.4, 0.5) is 0 Å². The lowest BCUT2D eigenvalue weighted by atomic mass is 10.5. The van der Waals surface area contributed by atoms with E-state index in [0.29, 0.717) is 5.88 Å². The molecule has 0 aliphatic carbocycles. The number of halogens is 1. The van der Waals surface area contributed by atoms with Crippen molar-refractivity contribution >= 4 is 17.8 Å². The molecule has 0 aromatic carbocycles. The first-order chi connectivity index (χ1) is 5.77. The van der Waals surface area contributed by atoms with Crippen molar-refractivity contribution in [1.82, 2.24) is 9.97 Å². The molecular formula is C6H5ClN2O3. The summed E-state index contributed by atoms with van der Waals surface area (Å²) in [5, 5.41) is 0. The van der Waals surface area contributed by atoms with Crippen LogP contribution in [0.2, 0.25) is 0 Å². The Balaban J connectivity index is 2.84. The van der Waals surface area contributed by atoms with E-state index in [4.69, 9.17) is 16.6 Å². The van der Waals surface area contributed by atoms with Crippen LogP contribution in [0, 0.1) is 0 Å². The molecule has 0 spiro atoms. The average Bonchev–Trinajstić information content (AvgIpc) is 2.17. The van der Waals surface area contributed by atoms with Crippen molar-refractivity contribution in [3.8, 4) is 5.88 Å². The van der Waals surface area contributed by atoms with Crippen LogP contribution in [-0.4, -0.2) is 23.0 Å². The molecule has 0 amide bonds. The van der Waals surface area contributed by atoms with Gasteiger partial charge in [-0.2, -0.15) is 0 Å². The van der Waals surface area contributed by atoms with Gasteiger partial charge in [0.25, 0.3) is 0 Å². The first kappa shape index (κ1) is 8.73. The molecule has 1 aromatic heterocycles. The maximum Gasteiger partial charge on any atom is 0.376 e. The smallest absolute Gasteiger partial charge is 0.376 e. The Morgan fingerprint density at radius 3 is 2.67 bits per heavy atom. The quantitative estimate of drug-likeness (QED) is 0.687. The second kappa shape index (κ2) is 3.87. The summed E-state index contributed by atoms with van der Waals surface area (Å²) in [5.74, 6) is -0.423. The topological polar surface area (TPSA) is 61.3 Å². The number of carbonyl (C=O) groups is 1. The second-order valence-corrected chi connectivity index (χ2v) is 1.96. The number of hydrogen-bond donors (Lipinski definition) is 0. The van der Waals surface area contributed by atoms with Crippen molar-refractivity contribution in [3.05, 3.63) is 18.1 Å². The second-order valence-electron chi connectivity index (χ2n) is 1.81. The Kier molecular flexibility index (Phi) is 2.82. The van der Waals surface area contributed by atoms with E-state index in [-0.39, 0.29) is 5.69 Å². The zero-order valence-corrected chi connectivity index (χ0v) is 6.91. The van der Waals surface area contributed by atoms with Gasteiger partial charge >= 0.3 is 5.97 Å². The van der Waals surface area contributed by atoms with E-state index in [1.165, 1.54) is 19.5 Å². The molecule has 64 valence electrons. The Hall–Kier alpha value is -1.36. The van der Waals surface area contributed by atoms with Gasteiger partial charge in [0.2, 0.25) is 5.88 Å². The average molecular weight is 189 g/mol. The Morgan fingerprint density at radius 2 is 2.25 bits per heavy atom. The van der Waals surface area contributed by atoms with E-state index in [0.717, 1.165) is 0 Å². The predicted octanol–water partition coefficient (Wildman–Crippen LogP) is 0.796. The monoisotopic (exact) mass is 188 g/mol. The maximum absolute atomic E-state index is 10.7. The highest BCUT2D eigenvalue weighted by Crippen LogP contribution is 2.04. The molecule has 0 bridgehead atoms. The molecule has 0 atom stereocenters. The van der Waals surface area contributed by atoms with E-state index in [1.807, 2.05) is 0 Å². The predicted molar refractivity (Wildman–Crippen MR) is 39.9 cm³/mol. The van der Waals surface area contributed by atoms with E-state index >= 15 is 0 Å². The molecule has 0 fully saturated rings. The molecule has 5 nitrogen and oxygen atoms in total. The number of nitrogens with zero attached hydrogens (tertiary/aromatic N) is 2. The summed E-state index contributed by atoms with van der Waals surface area (Å²) in [6.45, 7) is 0. The molecule has 0 N–H and O–H groups in total. The highest BCUT2D eigenvalue weighted by Gasteiger charge is 2.08. The lowest BCUT2D eigenvalue weighted by Gasteiger charge is -1.97. The molecule has 1 aromatic rings. The fourth-order valence-corrected chi connectivity index (χ4v) is 0.646. The largest absolute Gasteiger partial charge is 0.480 e. The van der Waals surface area contributed by atoms with Gasteiger partial charge in [-0.25, -0.2) is 14.8 Å². The van der Waals surface area contributed by atoms with Crippen molar-refractivity contribution < 1.29 is 13.8 Å². The first-order valence-corrected chi connectivity index (χ1v) is 3.27. The number of ether oxygens (including phenoxy) is 1. The van der Waals surface area contributed by atoms with Crippen LogP contribution in [-0.2, 0) is 4.29 Å². The number of aromatic nitrogens is 2. The number of hydrogen-bond acceptors (Lipinski definition) is 5. The minimum atomic E-state index is -0.744. The normalized spacial score (nSPS) is 9.17. The minimum absolute atomic E-state index is 0.0331. The summed E-state index contributed by atoms with van der Waals surface area (Å²) in [7, 11) is 1.45. The summed E-state index contributed by atoms with van der Waals surface area (Å²) in [5.41, 5.74) is 0.0331. The van der Waals surface area contributed by atoms with Crippen LogP contribution in [0.5, 0.6) is 5.88 Å². The SMILES string of the molecule is COc1cnc(C(=O)OCl)cn1. The molecule has 0 saturated carbocycles. The molecular weight excluding hydrogens is 184 g/mol. The fraction of sp³-hybridized carbons (Fsp3) is 0.167. The van der Waals surface area contributed by atoms with Gasteiger partial charge in [0, 0.05) is 0 Å². The van der Waals surface area contributed by atoms with E-state index in [2.05, 4.69) is 14.3 Å². The molecule has 12 heavy (non-hydrogen) atoms. The summed E-state index contributed by atoms with van der Waals surface area (Å²) in [6, 6.07) is 0. The molecule has 0 radical (unpaired) electrons. The lowest BCUT2D eigenvalue weighted by Crippen LogP contribution is -2.02. The van der Waals surface area contributed by atoms with Crippen LogP contribution < -0.4 is 4.74 Å². The number of methoxy groups -OCH3 is 1. The van der Waals surface area contributed by atoms with Crippen LogP contribution >= 0.6 is 11.9 Å². The Bertz CT molecular complexity index is 275. The zero-order chi connectivity index (χ0) is 8.97. The van der Waals surface area contributed by atoms with E-state index < -0.39 is 5.97 Å². The minimum Gasteiger partial charge on any atom is -0.480 e. The zero-order valence-electron chi connectivity index (χ0n) is 6.15. The molecule has 0 unspecified atom stereocenters. The van der Waals surface area contributed by atoms with Crippen molar-refractivity contribution in [2.45, 2.75) is 0 Å². The summed E-state index contributed by atoms with van der Waals surface area (Å²) >= 11 is 4.81. The number of rotatable bonds is 2. The van der Waals surface area contributed by atoms with Crippen molar-refractivity contribution in [3.63, 3.8) is 0 Å². The van der Waals surface area contributed by atoms with Gasteiger partial charge in [0.05, 0.1) is 19.5 Å². The standard InChI is InChI=1S/C6H5ClN2O3/c1-11-5-3-8-4(2-9-5)6(10)12-7/h2-3H,1H3. The van der Waals surface area contributed by atoms with Gasteiger partial charge in [-0.3, -0.25) is 0 Å². The Labute approximate surface area is 73.5 Å². The van der Waals surface area contributed by atoms with Gasteiger partial charge in [-0.15, -0.1) is 0 Å². The third kappa shape index (κ3) is 1.82. The molecule has 1 heterocycles. The molecule has 1 rings (SSSR count). The van der Waals surface area contributed by atoms with Crippen molar-refractivity contribution in [2.75, 3.05) is 7.11 Å². The third-order valence-electron chi connectivity index (χ3n) is 1.12. The molecule has 0 aliphatic heterocycles. The maximum atomic E-state index is 10.7. The lowest BCUT2D eigenvalue weighted by molar-refractivity contribution is 0.0744. The molecule has 0 aliphatic rings.